The fraction of sp³-hybridized carbons (Fsp3) is 0.455. The minimum absolute atomic E-state index is 0.526. The summed E-state index contributed by atoms with van der Waals surface area (Å²) in [4.78, 5) is 0.843. The predicted molar refractivity (Wildman–Crippen MR) is 63.7 cm³/mol. The molecule has 2 N–H and O–H groups in total. The smallest absolute Gasteiger partial charge is 0.174 e. The highest BCUT2D eigenvalue weighted by Gasteiger charge is 2.18. The second-order valence-electron chi connectivity index (χ2n) is 3.21. The molecular weight excluding hydrogens is 208 g/mol. The van der Waals surface area contributed by atoms with E-state index in [1.165, 1.54) is 0 Å². The van der Waals surface area contributed by atoms with Crippen LogP contribution in [0.4, 0.5) is 0 Å². The molecule has 1 unspecified atom stereocenters. The molecule has 0 fully saturated rings. The Morgan fingerprint density at radius 2 is 1.73 bits per heavy atom. The Balaban J connectivity index is 2.76. The minimum atomic E-state index is -1.04. The van der Waals surface area contributed by atoms with E-state index in [4.69, 9.17) is 5.73 Å². The number of nitrogens with zero attached hydrogens (tertiary/aromatic N) is 1. The molecule has 0 spiro atoms. The molecule has 0 amide bonds. The van der Waals surface area contributed by atoms with Crippen molar-refractivity contribution in [2.45, 2.75) is 25.3 Å². The Morgan fingerprint density at radius 1 is 1.20 bits per heavy atom. The average molecular weight is 226 g/mol. The van der Waals surface area contributed by atoms with E-state index >= 15 is 0 Å². The molecule has 15 heavy (non-hydrogen) atoms. The second kappa shape index (κ2) is 6.12. The molecule has 4 heteroatoms. The molecule has 1 rings (SSSR count). The van der Waals surface area contributed by atoms with Crippen LogP contribution in [0.5, 0.6) is 0 Å². The van der Waals surface area contributed by atoms with E-state index in [0.29, 0.717) is 6.54 Å². The number of benzene rings is 1. The van der Waals surface area contributed by atoms with Gasteiger partial charge in [-0.1, -0.05) is 12.1 Å². The third-order valence-corrected chi connectivity index (χ3v) is 3.96. The third-order valence-electron chi connectivity index (χ3n) is 2.30. The van der Waals surface area contributed by atoms with Crippen LogP contribution in [0.25, 0.3) is 0 Å². The van der Waals surface area contributed by atoms with E-state index in [2.05, 4.69) is 0 Å². The van der Waals surface area contributed by atoms with E-state index < -0.39 is 11.4 Å². The van der Waals surface area contributed by atoms with Gasteiger partial charge in [-0.15, -0.1) is 4.31 Å². The third kappa shape index (κ3) is 3.21. The topological polar surface area (TPSA) is 52.3 Å². The molecule has 0 aliphatic carbocycles. The summed E-state index contributed by atoms with van der Waals surface area (Å²) in [5, 5.41) is 0. The van der Waals surface area contributed by atoms with Crippen molar-refractivity contribution < 1.29 is 4.55 Å². The molecule has 0 aromatic heterocycles. The Kier molecular flexibility index (Phi) is 5.11. The summed E-state index contributed by atoms with van der Waals surface area (Å²) in [5.41, 5.74) is 6.57. The molecule has 84 valence electrons. The Hall–Kier alpha value is -0.550. The molecule has 0 saturated carbocycles. The van der Waals surface area contributed by atoms with Gasteiger partial charge in [-0.3, -0.25) is 0 Å². The van der Waals surface area contributed by atoms with Crippen molar-refractivity contribution in [1.82, 2.24) is 4.31 Å². The van der Waals surface area contributed by atoms with Crippen molar-refractivity contribution in [3.8, 4) is 0 Å². The normalized spacial score (nSPS) is 13.1. The molecule has 0 bridgehead atoms. The molecule has 3 nitrogen and oxygen atoms in total. The monoisotopic (exact) mass is 226 g/mol. The molecule has 0 saturated heterocycles. The first-order valence-corrected chi connectivity index (χ1v) is 6.29. The first-order valence-electron chi connectivity index (χ1n) is 5.18. The van der Waals surface area contributed by atoms with Crippen molar-refractivity contribution in [2.24, 2.45) is 5.73 Å². The van der Waals surface area contributed by atoms with Gasteiger partial charge in [-0.25, -0.2) is 0 Å². The van der Waals surface area contributed by atoms with Crippen LogP contribution in [-0.2, 0) is 17.9 Å². The van der Waals surface area contributed by atoms with Gasteiger partial charge in [-0.05, 0) is 31.5 Å². The first kappa shape index (κ1) is 12.5. The van der Waals surface area contributed by atoms with Gasteiger partial charge < -0.3 is 10.3 Å². The average Bonchev–Trinajstić information content (AvgIpc) is 2.30. The van der Waals surface area contributed by atoms with Crippen LogP contribution in [0.15, 0.2) is 29.2 Å². The van der Waals surface area contributed by atoms with E-state index in [1.54, 1.807) is 0 Å². The quantitative estimate of drug-likeness (QED) is 0.774. The van der Waals surface area contributed by atoms with Gasteiger partial charge in [-0.2, -0.15) is 0 Å². The lowest BCUT2D eigenvalue weighted by Gasteiger charge is -2.21. The number of hydrogen-bond acceptors (Lipinski definition) is 3. The predicted octanol–water partition coefficient (Wildman–Crippen LogP) is 1.51. The van der Waals surface area contributed by atoms with Crippen molar-refractivity contribution in [3.05, 3.63) is 29.8 Å². The standard InChI is InChI=1S/C11H18N2OS/c1-3-13(4-2)15(14)11-7-5-10(9-12)6-8-11/h5-8H,3-4,9,12H2,1-2H3. The molecule has 0 radical (unpaired) electrons. The number of nitrogens with two attached hydrogens (primary N) is 1. The largest absolute Gasteiger partial charge is 0.593 e. The zero-order valence-corrected chi connectivity index (χ0v) is 10.1. The number of rotatable bonds is 5. The lowest BCUT2D eigenvalue weighted by molar-refractivity contribution is 0.445. The molecule has 1 aromatic carbocycles. The summed E-state index contributed by atoms with van der Waals surface area (Å²) in [6.07, 6.45) is 0. The van der Waals surface area contributed by atoms with Gasteiger partial charge in [0.2, 0.25) is 0 Å². The maximum Gasteiger partial charge on any atom is 0.174 e. The van der Waals surface area contributed by atoms with Crippen LogP contribution in [0.3, 0.4) is 0 Å². The van der Waals surface area contributed by atoms with Gasteiger partial charge in [0.1, 0.15) is 0 Å². The fourth-order valence-electron chi connectivity index (χ4n) is 1.35. The maximum atomic E-state index is 12.0. The Morgan fingerprint density at radius 3 is 2.13 bits per heavy atom. The van der Waals surface area contributed by atoms with Gasteiger partial charge in [0, 0.05) is 19.6 Å². The van der Waals surface area contributed by atoms with Crippen molar-refractivity contribution >= 4 is 11.4 Å². The van der Waals surface area contributed by atoms with Crippen LogP contribution in [0.2, 0.25) is 0 Å². The summed E-state index contributed by atoms with van der Waals surface area (Å²) in [6, 6.07) is 7.63. The van der Waals surface area contributed by atoms with E-state index in [0.717, 1.165) is 23.5 Å². The van der Waals surface area contributed by atoms with E-state index in [9.17, 15) is 4.55 Å². The molecule has 0 aliphatic heterocycles. The summed E-state index contributed by atoms with van der Waals surface area (Å²) in [7, 11) is 0. The zero-order valence-electron chi connectivity index (χ0n) is 9.27. The van der Waals surface area contributed by atoms with Crippen LogP contribution in [0.1, 0.15) is 19.4 Å². The van der Waals surface area contributed by atoms with Gasteiger partial charge >= 0.3 is 0 Å². The van der Waals surface area contributed by atoms with E-state index in [1.807, 2.05) is 42.4 Å². The van der Waals surface area contributed by atoms with E-state index in [-0.39, 0.29) is 0 Å². The van der Waals surface area contributed by atoms with Crippen LogP contribution >= 0.6 is 0 Å². The first-order chi connectivity index (χ1) is 7.22. The summed E-state index contributed by atoms with van der Waals surface area (Å²) in [6.45, 7) is 6.13. The highest BCUT2D eigenvalue weighted by Crippen LogP contribution is 2.15. The zero-order chi connectivity index (χ0) is 11.3. The highest BCUT2D eigenvalue weighted by molar-refractivity contribution is 7.89. The molecular formula is C11H18N2OS. The minimum Gasteiger partial charge on any atom is -0.593 e. The maximum absolute atomic E-state index is 12.0. The van der Waals surface area contributed by atoms with Crippen LogP contribution in [-0.4, -0.2) is 21.9 Å². The van der Waals surface area contributed by atoms with Crippen molar-refractivity contribution in [2.75, 3.05) is 13.1 Å². The van der Waals surface area contributed by atoms with Crippen LogP contribution in [0, 0.1) is 0 Å². The Bertz CT molecular complexity index is 285. The van der Waals surface area contributed by atoms with Gasteiger partial charge in [0.05, 0.1) is 11.4 Å². The molecule has 0 aliphatic rings. The van der Waals surface area contributed by atoms with Gasteiger partial charge in [0.15, 0.2) is 4.90 Å². The van der Waals surface area contributed by atoms with Gasteiger partial charge in [0.25, 0.3) is 0 Å². The van der Waals surface area contributed by atoms with Crippen molar-refractivity contribution in [3.63, 3.8) is 0 Å². The SMILES string of the molecule is CCN(CC)[S+]([O-])c1ccc(CN)cc1. The molecule has 1 atom stereocenters. The summed E-state index contributed by atoms with van der Waals surface area (Å²) < 4.78 is 13.9. The highest BCUT2D eigenvalue weighted by atomic mass is 32.2. The second-order valence-corrected chi connectivity index (χ2v) is 4.70. The summed E-state index contributed by atoms with van der Waals surface area (Å²) >= 11 is -1.04. The van der Waals surface area contributed by atoms with Crippen molar-refractivity contribution in [1.29, 1.82) is 0 Å². The lowest BCUT2D eigenvalue weighted by atomic mass is 10.2. The lowest BCUT2D eigenvalue weighted by Crippen LogP contribution is -2.30. The summed E-state index contributed by atoms with van der Waals surface area (Å²) in [5.74, 6) is 0. The molecule has 0 heterocycles. The fourth-order valence-corrected chi connectivity index (χ4v) is 2.49. The Labute approximate surface area is 94.6 Å². The van der Waals surface area contributed by atoms with Crippen LogP contribution < -0.4 is 5.73 Å². The molecule has 1 aromatic rings. The number of hydrogen-bond donors (Lipinski definition) is 1.